The number of hydrogen-bond acceptors (Lipinski definition) is 4. The number of benzene rings is 1. The van der Waals surface area contributed by atoms with Crippen molar-refractivity contribution in [1.82, 2.24) is 4.90 Å². The van der Waals surface area contributed by atoms with E-state index in [-0.39, 0.29) is 17.2 Å². The molecule has 1 heterocycles. The Morgan fingerprint density at radius 2 is 2.06 bits per heavy atom. The molecule has 1 aromatic heterocycles. The number of phenolic OH excluding ortho intramolecular Hbond substituents is 2. The van der Waals surface area contributed by atoms with E-state index in [1.165, 1.54) is 29.4 Å². The van der Waals surface area contributed by atoms with Gasteiger partial charge in [-0.3, -0.25) is 4.79 Å². The van der Waals surface area contributed by atoms with Gasteiger partial charge in [-0.05, 0) is 24.3 Å². The van der Waals surface area contributed by atoms with Gasteiger partial charge in [-0.2, -0.15) is 0 Å². The minimum atomic E-state index is -0.409. The van der Waals surface area contributed by atoms with Gasteiger partial charge in [0.1, 0.15) is 5.76 Å². The van der Waals surface area contributed by atoms with Crippen molar-refractivity contribution in [2.24, 2.45) is 0 Å². The Kier molecular flexibility index (Phi) is 3.23. The highest BCUT2D eigenvalue weighted by Crippen LogP contribution is 2.29. The predicted octanol–water partition coefficient (Wildman–Crippen LogP) is 1.96. The summed E-state index contributed by atoms with van der Waals surface area (Å²) in [6.07, 6.45) is 1.53. The molecule has 0 aliphatic heterocycles. The van der Waals surface area contributed by atoms with Gasteiger partial charge >= 0.3 is 0 Å². The van der Waals surface area contributed by atoms with Crippen LogP contribution in [-0.4, -0.2) is 28.1 Å². The standard InChI is InChI=1S/C13H13NO4/c1-14(8-9-4-3-7-18-9)13(17)10-5-2-6-11(15)12(10)16/h2-7,15-16H,8H2,1H3. The molecule has 0 atom stereocenters. The van der Waals surface area contributed by atoms with Gasteiger partial charge in [0.05, 0.1) is 18.4 Å². The molecule has 2 aromatic rings. The van der Waals surface area contributed by atoms with E-state index in [0.29, 0.717) is 12.3 Å². The summed E-state index contributed by atoms with van der Waals surface area (Å²) >= 11 is 0. The number of carbonyl (C=O) groups is 1. The Labute approximate surface area is 104 Å². The fraction of sp³-hybridized carbons (Fsp3) is 0.154. The number of rotatable bonds is 3. The summed E-state index contributed by atoms with van der Waals surface area (Å²) in [5, 5.41) is 19.0. The maximum atomic E-state index is 12.1. The van der Waals surface area contributed by atoms with Crippen molar-refractivity contribution in [3.63, 3.8) is 0 Å². The molecule has 5 nitrogen and oxygen atoms in total. The van der Waals surface area contributed by atoms with Crippen molar-refractivity contribution in [3.8, 4) is 11.5 Å². The van der Waals surface area contributed by atoms with Crippen molar-refractivity contribution < 1.29 is 19.4 Å². The minimum absolute atomic E-state index is 0.0593. The van der Waals surface area contributed by atoms with Crippen molar-refractivity contribution in [3.05, 3.63) is 47.9 Å². The lowest BCUT2D eigenvalue weighted by Gasteiger charge is -2.16. The second kappa shape index (κ2) is 4.83. The number of furan rings is 1. The first-order valence-electron chi connectivity index (χ1n) is 5.38. The molecule has 1 aromatic carbocycles. The van der Waals surface area contributed by atoms with E-state index >= 15 is 0 Å². The molecular weight excluding hydrogens is 234 g/mol. The molecule has 0 fully saturated rings. The van der Waals surface area contributed by atoms with Gasteiger partial charge in [-0.25, -0.2) is 0 Å². The van der Waals surface area contributed by atoms with Crippen LogP contribution >= 0.6 is 0 Å². The third-order valence-electron chi connectivity index (χ3n) is 2.56. The highest BCUT2D eigenvalue weighted by atomic mass is 16.3. The van der Waals surface area contributed by atoms with Crippen molar-refractivity contribution >= 4 is 5.91 Å². The molecule has 0 saturated carbocycles. The highest BCUT2D eigenvalue weighted by molar-refractivity contribution is 5.97. The molecule has 5 heteroatoms. The monoisotopic (exact) mass is 247 g/mol. The van der Waals surface area contributed by atoms with E-state index in [1.54, 1.807) is 19.2 Å². The number of carbonyl (C=O) groups excluding carboxylic acids is 1. The van der Waals surface area contributed by atoms with Gasteiger partial charge in [0.15, 0.2) is 11.5 Å². The highest BCUT2D eigenvalue weighted by Gasteiger charge is 2.18. The zero-order valence-electron chi connectivity index (χ0n) is 9.83. The lowest BCUT2D eigenvalue weighted by molar-refractivity contribution is 0.0771. The fourth-order valence-electron chi connectivity index (χ4n) is 1.62. The fourth-order valence-corrected chi connectivity index (χ4v) is 1.62. The Bertz CT molecular complexity index is 548. The number of hydrogen-bond donors (Lipinski definition) is 2. The average Bonchev–Trinajstić information content (AvgIpc) is 2.84. The van der Waals surface area contributed by atoms with E-state index in [0.717, 1.165) is 0 Å². The van der Waals surface area contributed by atoms with Crippen LogP contribution in [0.25, 0.3) is 0 Å². The van der Waals surface area contributed by atoms with Crippen LogP contribution in [0.3, 0.4) is 0 Å². The van der Waals surface area contributed by atoms with Crippen LogP contribution in [0.2, 0.25) is 0 Å². The topological polar surface area (TPSA) is 73.9 Å². The number of aromatic hydroxyl groups is 2. The van der Waals surface area contributed by atoms with Crippen LogP contribution < -0.4 is 0 Å². The van der Waals surface area contributed by atoms with E-state index in [9.17, 15) is 15.0 Å². The lowest BCUT2D eigenvalue weighted by atomic mass is 10.1. The van der Waals surface area contributed by atoms with Gasteiger partial charge < -0.3 is 19.5 Å². The second-order valence-electron chi connectivity index (χ2n) is 3.91. The molecule has 2 rings (SSSR count). The van der Waals surface area contributed by atoms with Crippen molar-refractivity contribution in [2.45, 2.75) is 6.54 Å². The quantitative estimate of drug-likeness (QED) is 0.813. The maximum Gasteiger partial charge on any atom is 0.257 e. The second-order valence-corrected chi connectivity index (χ2v) is 3.91. The van der Waals surface area contributed by atoms with Gasteiger partial charge in [0.25, 0.3) is 5.91 Å². The maximum absolute atomic E-state index is 12.1. The SMILES string of the molecule is CN(Cc1ccco1)C(=O)c1cccc(O)c1O. The smallest absolute Gasteiger partial charge is 0.257 e. The number of phenols is 2. The molecule has 0 radical (unpaired) electrons. The largest absolute Gasteiger partial charge is 0.504 e. The van der Waals surface area contributed by atoms with Crippen LogP contribution in [-0.2, 0) is 6.54 Å². The van der Waals surface area contributed by atoms with Crippen LogP contribution in [0.4, 0.5) is 0 Å². The normalized spacial score (nSPS) is 10.3. The first-order chi connectivity index (χ1) is 8.59. The van der Waals surface area contributed by atoms with Gasteiger partial charge in [-0.1, -0.05) is 6.07 Å². The van der Waals surface area contributed by atoms with E-state index < -0.39 is 5.75 Å². The Hall–Kier alpha value is -2.43. The van der Waals surface area contributed by atoms with E-state index in [4.69, 9.17) is 4.42 Å². The van der Waals surface area contributed by atoms with Gasteiger partial charge in [-0.15, -0.1) is 0 Å². The molecule has 18 heavy (non-hydrogen) atoms. The summed E-state index contributed by atoms with van der Waals surface area (Å²) in [6.45, 7) is 0.293. The summed E-state index contributed by atoms with van der Waals surface area (Å²) in [6, 6.07) is 7.77. The molecule has 0 unspecified atom stereocenters. The van der Waals surface area contributed by atoms with Crippen molar-refractivity contribution in [2.75, 3.05) is 7.05 Å². The van der Waals surface area contributed by atoms with Crippen LogP contribution in [0.1, 0.15) is 16.1 Å². The number of para-hydroxylation sites is 1. The first-order valence-corrected chi connectivity index (χ1v) is 5.38. The first kappa shape index (κ1) is 12.0. The number of nitrogens with zero attached hydrogens (tertiary/aromatic N) is 1. The molecule has 0 spiro atoms. The zero-order chi connectivity index (χ0) is 13.1. The van der Waals surface area contributed by atoms with Gasteiger partial charge in [0.2, 0.25) is 0 Å². The third kappa shape index (κ3) is 2.29. The number of amides is 1. The average molecular weight is 247 g/mol. The van der Waals surface area contributed by atoms with Crippen LogP contribution in [0.15, 0.2) is 41.0 Å². The third-order valence-corrected chi connectivity index (χ3v) is 2.56. The molecule has 0 aliphatic carbocycles. The lowest BCUT2D eigenvalue weighted by Crippen LogP contribution is -2.26. The molecule has 0 saturated heterocycles. The summed E-state index contributed by atoms with van der Waals surface area (Å²) < 4.78 is 5.14. The molecule has 0 bridgehead atoms. The van der Waals surface area contributed by atoms with Crippen molar-refractivity contribution in [1.29, 1.82) is 0 Å². The molecule has 1 amide bonds. The Morgan fingerprint density at radius 1 is 1.28 bits per heavy atom. The summed E-state index contributed by atoms with van der Waals surface area (Å²) in [7, 11) is 1.59. The Morgan fingerprint density at radius 3 is 2.72 bits per heavy atom. The summed E-state index contributed by atoms with van der Waals surface area (Å²) in [5.41, 5.74) is 0.0593. The zero-order valence-corrected chi connectivity index (χ0v) is 9.83. The molecule has 0 aliphatic rings. The molecule has 94 valence electrons. The molecule has 2 N–H and O–H groups in total. The predicted molar refractivity (Wildman–Crippen MR) is 64.3 cm³/mol. The molecular formula is C13H13NO4. The van der Waals surface area contributed by atoms with Gasteiger partial charge in [0, 0.05) is 7.05 Å². The van der Waals surface area contributed by atoms with Crippen LogP contribution in [0.5, 0.6) is 11.5 Å². The van der Waals surface area contributed by atoms with E-state index in [2.05, 4.69) is 0 Å². The summed E-state index contributed by atoms with van der Waals surface area (Å²) in [5.74, 6) is -0.466. The minimum Gasteiger partial charge on any atom is -0.504 e. The van der Waals surface area contributed by atoms with Crippen LogP contribution in [0, 0.1) is 0 Å². The Balaban J connectivity index is 2.18. The summed E-state index contributed by atoms with van der Waals surface area (Å²) in [4.78, 5) is 13.5. The van der Waals surface area contributed by atoms with E-state index in [1.807, 2.05) is 0 Å².